The number of ether oxygens (including phenoxy) is 2. The monoisotopic (exact) mass is 390 g/mol. The number of methoxy groups -OCH3 is 1. The van der Waals surface area contributed by atoms with Crippen LogP contribution in [0.3, 0.4) is 0 Å². The van der Waals surface area contributed by atoms with Gasteiger partial charge in [-0.3, -0.25) is 14.6 Å². The number of benzene rings is 1. The van der Waals surface area contributed by atoms with Crippen molar-refractivity contribution < 1.29 is 19.1 Å². The summed E-state index contributed by atoms with van der Waals surface area (Å²) >= 11 is 0. The summed E-state index contributed by atoms with van der Waals surface area (Å²) in [6, 6.07) is 7.56. The smallest absolute Gasteiger partial charge is 0.309 e. The molecule has 1 aromatic rings. The Bertz CT molecular complexity index is 667. The van der Waals surface area contributed by atoms with Gasteiger partial charge in [0.1, 0.15) is 5.75 Å². The zero-order chi connectivity index (χ0) is 20.4. The largest absolute Gasteiger partial charge is 0.497 e. The molecular weight excluding hydrogens is 360 g/mol. The fraction of sp³-hybridized carbons (Fsp3) is 0.550. The lowest BCUT2D eigenvalue weighted by Crippen LogP contribution is -2.49. The predicted molar refractivity (Wildman–Crippen MR) is 107 cm³/mol. The molecule has 1 aromatic carbocycles. The number of carbonyl (C=O) groups excluding carboxylic acids is 2. The molecule has 154 valence electrons. The van der Waals surface area contributed by atoms with E-state index in [9.17, 15) is 9.59 Å². The van der Waals surface area contributed by atoms with Crippen molar-refractivity contribution in [3.05, 3.63) is 29.8 Å². The van der Waals surface area contributed by atoms with Gasteiger partial charge in [-0.15, -0.1) is 0 Å². The molecule has 0 bridgehead atoms. The van der Waals surface area contributed by atoms with E-state index in [2.05, 4.69) is 20.5 Å². The van der Waals surface area contributed by atoms with Gasteiger partial charge in [-0.25, -0.2) is 0 Å². The SMILES string of the molecule is CCOC(=O)C1CCN(C(=NC)NCC(=O)NCc2ccc(OC)cc2)CC1. The van der Waals surface area contributed by atoms with Crippen molar-refractivity contribution >= 4 is 17.8 Å². The van der Waals surface area contributed by atoms with E-state index in [1.165, 1.54) is 0 Å². The van der Waals surface area contributed by atoms with Gasteiger partial charge in [0.05, 0.1) is 26.2 Å². The number of likely N-dealkylation sites (tertiary alicyclic amines) is 1. The highest BCUT2D eigenvalue weighted by molar-refractivity contribution is 5.86. The van der Waals surface area contributed by atoms with E-state index in [-0.39, 0.29) is 24.3 Å². The molecule has 0 unspecified atom stereocenters. The van der Waals surface area contributed by atoms with E-state index in [1.54, 1.807) is 14.2 Å². The third-order valence-electron chi connectivity index (χ3n) is 4.68. The lowest BCUT2D eigenvalue weighted by molar-refractivity contribution is -0.149. The maximum absolute atomic E-state index is 12.1. The summed E-state index contributed by atoms with van der Waals surface area (Å²) in [4.78, 5) is 30.3. The van der Waals surface area contributed by atoms with Gasteiger partial charge in [0, 0.05) is 26.7 Å². The van der Waals surface area contributed by atoms with Crippen LogP contribution < -0.4 is 15.4 Å². The molecule has 1 fully saturated rings. The van der Waals surface area contributed by atoms with Crippen LogP contribution in [-0.2, 0) is 20.9 Å². The Morgan fingerprint density at radius 2 is 1.86 bits per heavy atom. The second-order valence-corrected chi connectivity index (χ2v) is 6.54. The molecule has 0 saturated carbocycles. The second kappa shape index (κ2) is 11.2. The Morgan fingerprint density at radius 1 is 1.18 bits per heavy atom. The Balaban J connectivity index is 1.72. The molecule has 1 aliphatic rings. The van der Waals surface area contributed by atoms with E-state index < -0.39 is 0 Å². The fourth-order valence-electron chi connectivity index (χ4n) is 3.09. The van der Waals surface area contributed by atoms with E-state index >= 15 is 0 Å². The number of piperidine rings is 1. The van der Waals surface area contributed by atoms with Crippen molar-refractivity contribution in [2.75, 3.05) is 40.4 Å². The number of esters is 1. The van der Waals surface area contributed by atoms with Crippen LogP contribution in [0.4, 0.5) is 0 Å². The Hall–Kier alpha value is -2.77. The topological polar surface area (TPSA) is 92.3 Å². The van der Waals surface area contributed by atoms with Crippen molar-refractivity contribution in [1.82, 2.24) is 15.5 Å². The first-order chi connectivity index (χ1) is 13.6. The summed E-state index contributed by atoms with van der Waals surface area (Å²) in [6.45, 7) is 4.23. The molecule has 28 heavy (non-hydrogen) atoms. The average molecular weight is 390 g/mol. The third-order valence-corrected chi connectivity index (χ3v) is 4.68. The van der Waals surface area contributed by atoms with Crippen LogP contribution >= 0.6 is 0 Å². The number of guanidine groups is 1. The number of amides is 1. The third kappa shape index (κ3) is 6.44. The summed E-state index contributed by atoms with van der Waals surface area (Å²) in [5.74, 6) is 1.16. The molecule has 0 spiro atoms. The zero-order valence-corrected chi connectivity index (χ0v) is 16.9. The minimum absolute atomic E-state index is 0.0536. The van der Waals surface area contributed by atoms with Gasteiger partial charge in [0.15, 0.2) is 5.96 Å². The molecule has 8 heteroatoms. The summed E-state index contributed by atoms with van der Waals surface area (Å²) in [5.41, 5.74) is 1.000. The van der Waals surface area contributed by atoms with Gasteiger partial charge in [-0.2, -0.15) is 0 Å². The first kappa shape index (κ1) is 21.5. The molecule has 1 heterocycles. The molecule has 1 saturated heterocycles. The van der Waals surface area contributed by atoms with Crippen LogP contribution in [0, 0.1) is 5.92 Å². The first-order valence-corrected chi connectivity index (χ1v) is 9.59. The Labute approximate surface area is 166 Å². The number of hydrogen-bond acceptors (Lipinski definition) is 5. The predicted octanol–water partition coefficient (Wildman–Crippen LogP) is 1.16. The van der Waals surface area contributed by atoms with Gasteiger partial charge < -0.3 is 25.0 Å². The van der Waals surface area contributed by atoms with E-state index in [4.69, 9.17) is 9.47 Å². The molecule has 0 aromatic heterocycles. The van der Waals surface area contributed by atoms with Gasteiger partial charge in [-0.05, 0) is 37.5 Å². The molecule has 0 radical (unpaired) electrons. The highest BCUT2D eigenvalue weighted by Gasteiger charge is 2.27. The van der Waals surface area contributed by atoms with Crippen molar-refractivity contribution in [3.8, 4) is 5.75 Å². The van der Waals surface area contributed by atoms with Crippen molar-refractivity contribution in [2.45, 2.75) is 26.3 Å². The molecule has 2 N–H and O–H groups in total. The molecule has 1 amide bonds. The maximum Gasteiger partial charge on any atom is 0.309 e. The van der Waals surface area contributed by atoms with Crippen LogP contribution in [0.1, 0.15) is 25.3 Å². The number of nitrogens with one attached hydrogen (secondary N) is 2. The second-order valence-electron chi connectivity index (χ2n) is 6.54. The summed E-state index contributed by atoms with van der Waals surface area (Å²) in [5, 5.41) is 5.97. The normalized spacial score (nSPS) is 15.1. The highest BCUT2D eigenvalue weighted by atomic mass is 16.5. The zero-order valence-electron chi connectivity index (χ0n) is 16.9. The van der Waals surface area contributed by atoms with Crippen LogP contribution in [0.2, 0.25) is 0 Å². The number of nitrogens with zero attached hydrogens (tertiary/aromatic N) is 2. The lowest BCUT2D eigenvalue weighted by atomic mass is 9.97. The van der Waals surface area contributed by atoms with Gasteiger partial charge >= 0.3 is 5.97 Å². The number of carbonyl (C=O) groups is 2. The van der Waals surface area contributed by atoms with E-state index in [1.807, 2.05) is 31.2 Å². The standard InChI is InChI=1S/C20H30N4O4/c1-4-28-19(26)16-9-11-24(12-10-16)20(21-2)23-14-18(25)22-13-15-5-7-17(27-3)8-6-15/h5-8,16H,4,9-14H2,1-3H3,(H,21,23)(H,22,25). The maximum atomic E-state index is 12.1. The minimum Gasteiger partial charge on any atom is -0.497 e. The minimum atomic E-state index is -0.122. The van der Waals surface area contributed by atoms with Crippen molar-refractivity contribution in [1.29, 1.82) is 0 Å². The van der Waals surface area contributed by atoms with E-state index in [0.717, 1.165) is 24.2 Å². The molecule has 0 aliphatic carbocycles. The fourth-order valence-corrected chi connectivity index (χ4v) is 3.09. The van der Waals surface area contributed by atoms with Gasteiger partial charge in [0.2, 0.25) is 5.91 Å². The van der Waals surface area contributed by atoms with Crippen molar-refractivity contribution in [2.24, 2.45) is 10.9 Å². The van der Waals surface area contributed by atoms with Crippen molar-refractivity contribution in [3.63, 3.8) is 0 Å². The van der Waals surface area contributed by atoms with Gasteiger partial charge in [0.25, 0.3) is 0 Å². The van der Waals surface area contributed by atoms with Crippen LogP contribution in [0.5, 0.6) is 5.75 Å². The average Bonchev–Trinajstić information content (AvgIpc) is 2.73. The summed E-state index contributed by atoms with van der Waals surface area (Å²) in [7, 11) is 3.31. The quantitative estimate of drug-likeness (QED) is 0.412. The number of aliphatic imine (C=N–C) groups is 1. The lowest BCUT2D eigenvalue weighted by Gasteiger charge is -2.33. The summed E-state index contributed by atoms with van der Waals surface area (Å²) in [6.07, 6.45) is 1.45. The first-order valence-electron chi connectivity index (χ1n) is 9.59. The van der Waals surface area contributed by atoms with Gasteiger partial charge in [-0.1, -0.05) is 12.1 Å². The van der Waals surface area contributed by atoms with E-state index in [0.29, 0.717) is 32.2 Å². The Morgan fingerprint density at radius 3 is 2.43 bits per heavy atom. The number of hydrogen-bond donors (Lipinski definition) is 2. The molecule has 8 nitrogen and oxygen atoms in total. The summed E-state index contributed by atoms with van der Waals surface area (Å²) < 4.78 is 10.2. The molecule has 0 atom stereocenters. The van der Waals surface area contributed by atoms with Crippen LogP contribution in [0.25, 0.3) is 0 Å². The molecular formula is C20H30N4O4. The van der Waals surface area contributed by atoms with Crippen LogP contribution in [0.15, 0.2) is 29.3 Å². The molecule has 2 rings (SSSR count). The Kier molecular flexibility index (Phi) is 8.58. The molecule has 1 aliphatic heterocycles. The number of rotatable bonds is 7. The highest BCUT2D eigenvalue weighted by Crippen LogP contribution is 2.18. The van der Waals surface area contributed by atoms with Crippen LogP contribution in [-0.4, -0.2) is 63.1 Å².